The van der Waals surface area contributed by atoms with Crippen LogP contribution in [0.25, 0.3) is 0 Å². The summed E-state index contributed by atoms with van der Waals surface area (Å²) < 4.78 is 0. The van der Waals surface area contributed by atoms with E-state index in [1.54, 1.807) is 24.1 Å². The van der Waals surface area contributed by atoms with E-state index in [4.69, 9.17) is 0 Å². The van der Waals surface area contributed by atoms with Gasteiger partial charge >= 0.3 is 0 Å². The van der Waals surface area contributed by atoms with Gasteiger partial charge in [-0.1, -0.05) is 12.1 Å². The van der Waals surface area contributed by atoms with Crippen LogP contribution in [0.2, 0.25) is 0 Å². The second kappa shape index (κ2) is 5.14. The molecule has 6 nitrogen and oxygen atoms in total. The second-order valence-corrected chi connectivity index (χ2v) is 4.40. The summed E-state index contributed by atoms with van der Waals surface area (Å²) in [5.41, 5.74) is 0.856. The van der Waals surface area contributed by atoms with Crippen molar-refractivity contribution >= 4 is 11.6 Å². The molecule has 18 heavy (non-hydrogen) atoms. The number of rotatable bonds is 3. The SMILES string of the molecule is CN1CCNC(Cc2cccc([N+](=O)[O-])c2)C1=O. The normalized spacial score (nSPS) is 19.9. The number of piperazine rings is 1. The fourth-order valence-corrected chi connectivity index (χ4v) is 2.06. The van der Waals surface area contributed by atoms with E-state index in [9.17, 15) is 14.9 Å². The number of nitrogens with one attached hydrogen (secondary N) is 1. The van der Waals surface area contributed by atoms with Gasteiger partial charge in [-0.2, -0.15) is 0 Å². The number of likely N-dealkylation sites (N-methyl/N-ethyl adjacent to an activating group) is 1. The van der Waals surface area contributed by atoms with Crippen molar-refractivity contribution in [3.05, 3.63) is 39.9 Å². The molecule has 0 saturated carbocycles. The highest BCUT2D eigenvalue weighted by Crippen LogP contribution is 2.15. The van der Waals surface area contributed by atoms with E-state index in [-0.39, 0.29) is 17.6 Å². The van der Waals surface area contributed by atoms with Gasteiger partial charge in [-0.3, -0.25) is 14.9 Å². The van der Waals surface area contributed by atoms with Gasteiger partial charge in [-0.25, -0.2) is 0 Å². The smallest absolute Gasteiger partial charge is 0.269 e. The predicted octanol–water partition coefficient (Wildman–Crippen LogP) is 0.567. The molecule has 1 saturated heterocycles. The number of non-ortho nitro benzene ring substituents is 1. The molecule has 1 heterocycles. The lowest BCUT2D eigenvalue weighted by Gasteiger charge is -2.30. The van der Waals surface area contributed by atoms with Crippen LogP contribution in [0.3, 0.4) is 0 Å². The highest BCUT2D eigenvalue weighted by atomic mass is 16.6. The molecule has 1 amide bonds. The number of carbonyl (C=O) groups excluding carboxylic acids is 1. The first kappa shape index (κ1) is 12.5. The monoisotopic (exact) mass is 249 g/mol. The molecule has 1 atom stereocenters. The topological polar surface area (TPSA) is 75.5 Å². The highest BCUT2D eigenvalue weighted by molar-refractivity contribution is 5.82. The highest BCUT2D eigenvalue weighted by Gasteiger charge is 2.26. The van der Waals surface area contributed by atoms with Gasteiger partial charge in [-0.15, -0.1) is 0 Å². The molecular formula is C12H15N3O3. The van der Waals surface area contributed by atoms with Gasteiger partial charge in [0.15, 0.2) is 0 Å². The fraction of sp³-hybridized carbons (Fsp3) is 0.417. The minimum Gasteiger partial charge on any atom is -0.343 e. The molecule has 1 aliphatic heterocycles. The van der Waals surface area contributed by atoms with Gasteiger partial charge in [0.25, 0.3) is 5.69 Å². The second-order valence-electron chi connectivity index (χ2n) is 4.40. The molecule has 0 spiro atoms. The Labute approximate surface area is 105 Å². The first-order chi connectivity index (χ1) is 8.58. The lowest BCUT2D eigenvalue weighted by molar-refractivity contribution is -0.384. The summed E-state index contributed by atoms with van der Waals surface area (Å²) in [6.45, 7) is 1.45. The van der Waals surface area contributed by atoms with Crippen molar-refractivity contribution in [3.8, 4) is 0 Å². The van der Waals surface area contributed by atoms with Crippen molar-refractivity contribution in [3.63, 3.8) is 0 Å². The van der Waals surface area contributed by atoms with Crippen LogP contribution in [-0.4, -0.2) is 41.9 Å². The van der Waals surface area contributed by atoms with E-state index in [1.807, 2.05) is 0 Å². The average Bonchev–Trinajstić information content (AvgIpc) is 2.35. The number of nitro benzene ring substituents is 1. The van der Waals surface area contributed by atoms with Crippen molar-refractivity contribution in [2.45, 2.75) is 12.5 Å². The molecule has 1 N–H and O–H groups in total. The van der Waals surface area contributed by atoms with E-state index < -0.39 is 4.92 Å². The van der Waals surface area contributed by atoms with Crippen molar-refractivity contribution in [2.24, 2.45) is 0 Å². The Morgan fingerprint density at radius 3 is 3.06 bits per heavy atom. The minimum absolute atomic E-state index is 0.0350. The number of hydrogen-bond donors (Lipinski definition) is 1. The largest absolute Gasteiger partial charge is 0.343 e. The third-order valence-corrected chi connectivity index (χ3v) is 3.07. The van der Waals surface area contributed by atoms with Crippen molar-refractivity contribution < 1.29 is 9.72 Å². The molecule has 1 aromatic carbocycles. The standard InChI is InChI=1S/C12H15N3O3/c1-14-6-5-13-11(12(14)16)8-9-3-2-4-10(7-9)15(17)18/h2-4,7,11,13H,5-6,8H2,1H3. The molecular weight excluding hydrogens is 234 g/mol. The fourth-order valence-electron chi connectivity index (χ4n) is 2.06. The third-order valence-electron chi connectivity index (χ3n) is 3.07. The van der Waals surface area contributed by atoms with Crippen LogP contribution >= 0.6 is 0 Å². The summed E-state index contributed by atoms with van der Waals surface area (Å²) in [7, 11) is 1.77. The lowest BCUT2D eigenvalue weighted by atomic mass is 10.0. The maximum atomic E-state index is 11.9. The van der Waals surface area contributed by atoms with Crippen molar-refractivity contribution in [2.75, 3.05) is 20.1 Å². The van der Waals surface area contributed by atoms with Crippen LogP contribution < -0.4 is 5.32 Å². The maximum absolute atomic E-state index is 11.9. The number of amides is 1. The number of nitro groups is 1. The van der Waals surface area contributed by atoms with Crippen molar-refractivity contribution in [1.82, 2.24) is 10.2 Å². The van der Waals surface area contributed by atoms with Gasteiger partial charge < -0.3 is 10.2 Å². The number of benzene rings is 1. The minimum atomic E-state index is -0.425. The Morgan fingerprint density at radius 1 is 1.56 bits per heavy atom. The molecule has 0 radical (unpaired) electrons. The molecule has 96 valence electrons. The van der Waals surface area contributed by atoms with Crippen LogP contribution in [0.15, 0.2) is 24.3 Å². The van der Waals surface area contributed by atoms with Crippen LogP contribution in [-0.2, 0) is 11.2 Å². The summed E-state index contributed by atoms with van der Waals surface area (Å²) in [6.07, 6.45) is 0.477. The van der Waals surface area contributed by atoms with Gasteiger partial charge in [0.1, 0.15) is 0 Å². The van der Waals surface area contributed by atoms with E-state index in [2.05, 4.69) is 5.32 Å². The maximum Gasteiger partial charge on any atom is 0.269 e. The summed E-state index contributed by atoms with van der Waals surface area (Å²) >= 11 is 0. The lowest BCUT2D eigenvalue weighted by Crippen LogP contribution is -2.54. The average molecular weight is 249 g/mol. The van der Waals surface area contributed by atoms with E-state index in [0.717, 1.165) is 12.1 Å². The number of nitrogens with zero attached hydrogens (tertiary/aromatic N) is 2. The van der Waals surface area contributed by atoms with Gasteiger partial charge in [0.05, 0.1) is 11.0 Å². The van der Waals surface area contributed by atoms with Gasteiger partial charge in [-0.05, 0) is 12.0 Å². The molecule has 2 rings (SSSR count). The number of hydrogen-bond acceptors (Lipinski definition) is 4. The van der Waals surface area contributed by atoms with Crippen molar-refractivity contribution in [1.29, 1.82) is 0 Å². The molecule has 6 heteroatoms. The van der Waals surface area contributed by atoms with Crippen LogP contribution in [0.5, 0.6) is 0 Å². The van der Waals surface area contributed by atoms with E-state index >= 15 is 0 Å². The van der Waals surface area contributed by atoms with E-state index in [0.29, 0.717) is 13.0 Å². The quantitative estimate of drug-likeness (QED) is 0.627. The third kappa shape index (κ3) is 2.65. The van der Waals surface area contributed by atoms with Gasteiger partial charge in [0.2, 0.25) is 5.91 Å². The van der Waals surface area contributed by atoms with Crippen LogP contribution in [0, 0.1) is 10.1 Å². The summed E-state index contributed by atoms with van der Waals surface area (Å²) in [6, 6.07) is 6.13. The number of carbonyl (C=O) groups is 1. The molecule has 1 aromatic rings. The zero-order chi connectivity index (χ0) is 13.1. The summed E-state index contributed by atoms with van der Waals surface area (Å²) in [4.78, 5) is 23.8. The van der Waals surface area contributed by atoms with Crippen LogP contribution in [0.1, 0.15) is 5.56 Å². The van der Waals surface area contributed by atoms with Crippen LogP contribution in [0.4, 0.5) is 5.69 Å². The Balaban J connectivity index is 2.11. The molecule has 1 fully saturated rings. The Kier molecular flexibility index (Phi) is 3.57. The van der Waals surface area contributed by atoms with Gasteiger partial charge in [0, 0.05) is 32.3 Å². The Hall–Kier alpha value is -1.95. The molecule has 0 bridgehead atoms. The zero-order valence-electron chi connectivity index (χ0n) is 10.1. The summed E-state index contributed by atoms with van der Waals surface area (Å²) in [5.74, 6) is 0.0350. The Morgan fingerprint density at radius 2 is 2.33 bits per heavy atom. The Bertz CT molecular complexity index is 475. The first-order valence-electron chi connectivity index (χ1n) is 5.79. The predicted molar refractivity (Wildman–Crippen MR) is 66.2 cm³/mol. The molecule has 1 unspecified atom stereocenters. The summed E-state index contributed by atoms with van der Waals surface area (Å²) in [5, 5.41) is 13.8. The molecule has 0 aliphatic carbocycles. The zero-order valence-corrected chi connectivity index (χ0v) is 10.1. The van der Waals surface area contributed by atoms with E-state index in [1.165, 1.54) is 12.1 Å². The molecule has 0 aromatic heterocycles. The molecule has 1 aliphatic rings. The first-order valence-corrected chi connectivity index (χ1v) is 5.79.